The van der Waals surface area contributed by atoms with Crippen LogP contribution in [0.25, 0.3) is 83.4 Å². The van der Waals surface area contributed by atoms with Gasteiger partial charge in [0.05, 0.1) is 85.5 Å². The molecular formula is C109H80N4OSi3. The quantitative estimate of drug-likeness (QED) is 0.0330. The van der Waals surface area contributed by atoms with E-state index in [4.69, 9.17) is 17.9 Å². The maximum Gasteiger partial charge on any atom is 0.269 e. The van der Waals surface area contributed by atoms with Crippen molar-refractivity contribution in [3.63, 3.8) is 0 Å². The van der Waals surface area contributed by atoms with Gasteiger partial charge in [-0.3, -0.25) is 13.7 Å². The van der Waals surface area contributed by atoms with Crippen LogP contribution < -0.4 is 71.5 Å². The number of aryl methyl sites for hydroxylation is 1. The van der Waals surface area contributed by atoms with Crippen molar-refractivity contribution in [2.45, 2.75) is 6.85 Å². The monoisotopic (exact) mass is 1590 g/mol. The van der Waals surface area contributed by atoms with Crippen LogP contribution in [0.3, 0.4) is 0 Å². The van der Waals surface area contributed by atoms with Crippen LogP contribution in [0.4, 0.5) is 0 Å². The van der Waals surface area contributed by atoms with Gasteiger partial charge in [0, 0.05) is 32.7 Å². The van der Waals surface area contributed by atoms with Crippen LogP contribution in [0.15, 0.2) is 466 Å². The fraction of sp³-hybridized carbons (Fsp3) is 0.00917. The summed E-state index contributed by atoms with van der Waals surface area (Å²) in [7, 11) is -16.7. The van der Waals surface area contributed by atoms with Crippen LogP contribution in [0.5, 0.6) is 11.5 Å². The Labute approximate surface area is 743 Å². The first kappa shape index (κ1) is 40.1. The summed E-state index contributed by atoms with van der Waals surface area (Å²) in [5.41, 5.74) is -1.99. The summed E-state index contributed by atoms with van der Waals surface area (Å²) in [6.07, 6.45) is 4.87. The molecule has 0 fully saturated rings. The van der Waals surface area contributed by atoms with E-state index in [1.54, 1.807) is 54.7 Å². The Morgan fingerprint density at radius 1 is 0.325 bits per heavy atom. The molecule has 0 atom stereocenters. The second-order valence-electron chi connectivity index (χ2n) is 27.1. The van der Waals surface area contributed by atoms with E-state index in [1.165, 1.54) is 22.8 Å². The highest BCUT2D eigenvalue weighted by molar-refractivity contribution is 7.21. The van der Waals surface area contributed by atoms with E-state index in [0.29, 0.717) is 27.5 Å². The second kappa shape index (κ2) is 30.8. The highest BCUT2D eigenvalue weighted by atomic mass is 28.3. The van der Waals surface area contributed by atoms with Crippen molar-refractivity contribution in [3.05, 3.63) is 478 Å². The molecule has 8 heteroatoms. The molecule has 554 valence electrons. The zero-order chi connectivity index (χ0) is 114. The number of hydrogen-bond acceptors (Lipinski definition) is 2. The standard InChI is InChI=1S/C109H80N4OSi3/c1-80-72-108(110-78-103(80)83-40-35-63-98(75-83)117(93-55-23-8-24-56-93,94-57-25-9-26-58-94)95-59-27-10-28-60-95)113-104-67-30-29-64-101(104)102-71-70-86(77-107(102)113)114-85-42-36-41-84(76-85)111-79-112(106-69-32-31-68-105(106)111)109-99(81-38-33-61-96(73-81)115(87-43-11-2-12-44-87,88-45-13-3-14-46-88)89-47-15-4-16-48-89)65-37-66-100(109)82-39-34-62-97(74-82)116(90-49-17-5-18-50-90,91-51-19-6-20-52-91)92-53-21-7-22-54-92/h2-78H,1H3/i1D3,2D,3D,4D,5D,6D,7D,11D,12D,13D,14D,15D,16D,17D,18D,19D,20D,21D,22D,33D,34D,38D,39D,43D,44D,45D,46D,47D,48D,49D,50D,51D,52D,53D,54D,61D,62D,73D,74D. The molecule has 20 rings (SSSR count). The number of hydrogen-bond donors (Lipinski definition) is 0. The predicted octanol–water partition coefficient (Wildman–Crippen LogP) is 17.4. The zero-order valence-corrected chi connectivity index (χ0v) is 64.2. The first-order valence-corrected chi connectivity index (χ1v) is 42.8. The number of imidazole rings is 1. The molecule has 0 unspecified atom stereocenters. The number of para-hydroxylation sites is 4. The molecule has 0 N–H and O–H groups in total. The molecule has 0 amide bonds. The average molecular weight is 1590 g/mol. The fourth-order valence-electron chi connectivity index (χ4n) is 15.9. The van der Waals surface area contributed by atoms with Gasteiger partial charge in [-0.05, 0) is 145 Å². The first-order chi connectivity index (χ1) is 74.9. The summed E-state index contributed by atoms with van der Waals surface area (Å²) in [5.74, 6) is 0.479. The summed E-state index contributed by atoms with van der Waals surface area (Å²) < 4.78 is 411. The van der Waals surface area contributed by atoms with E-state index in [-0.39, 0.29) is 39.6 Å². The van der Waals surface area contributed by atoms with Crippen LogP contribution in [-0.2, 0) is 0 Å². The van der Waals surface area contributed by atoms with Gasteiger partial charge in [-0.2, -0.15) is 0 Å². The normalized spacial score (nSPS) is 16.8. The van der Waals surface area contributed by atoms with Gasteiger partial charge in [0.1, 0.15) is 17.3 Å². The van der Waals surface area contributed by atoms with Gasteiger partial charge in [-0.1, -0.05) is 412 Å². The third kappa shape index (κ3) is 12.5. The van der Waals surface area contributed by atoms with Crippen molar-refractivity contribution >= 4 is 119 Å². The SMILES string of the molecule is [2H]c1c([2H])c([2H])c([Si](c2c([2H])c([2H])c([2H])c([2H])c2[2H])(c2c([2H])c([2H])c([2H])c([2H])c2[2H])c2c([2H])c([2H])c([2H])c(-c3cccc(-c4c([2H])c([2H])c([2H])c([Si](c5c([2H])c([2H])c([2H])c([2H])c5[2H])(c5c([2H])c([2H])c([2H])c([2H])c5[2H])c5c([2H])c([2H])c([2H])c([2H])c5[2H])c4[2H])c3-[n+]3[c-]n(-c4cccc(Oc5ccc6c7ccccc7n(-c7cc(C([2H])([2H])[2H])c(-c8cccc([Si](c9ccccc9)(c9ccccc9)c9ccccc9)c8)cn7)c6c5)c4)c4ccccc43)c2[2H])c([2H])c1[2H]. The van der Waals surface area contributed by atoms with Crippen molar-refractivity contribution in [2.75, 3.05) is 0 Å². The van der Waals surface area contributed by atoms with Gasteiger partial charge in [-0.15, -0.1) is 0 Å². The number of benzene rings is 17. The van der Waals surface area contributed by atoms with Crippen LogP contribution in [0.2, 0.25) is 0 Å². The Balaban J connectivity index is 0.863. The first-order valence-electron chi connectivity index (χ1n) is 57.3. The largest absolute Gasteiger partial charge is 0.458 e. The van der Waals surface area contributed by atoms with Crippen molar-refractivity contribution in [1.82, 2.24) is 14.1 Å². The van der Waals surface area contributed by atoms with Crippen molar-refractivity contribution in [1.29, 1.82) is 0 Å². The van der Waals surface area contributed by atoms with E-state index < -0.39 is 330 Å². The van der Waals surface area contributed by atoms with Gasteiger partial charge in [0.15, 0.2) is 24.2 Å². The molecule has 0 aliphatic heterocycles. The maximum absolute atomic E-state index is 11.3. The van der Waals surface area contributed by atoms with Gasteiger partial charge in [0.2, 0.25) is 0 Å². The van der Waals surface area contributed by atoms with Crippen molar-refractivity contribution < 1.29 is 65.5 Å². The van der Waals surface area contributed by atoms with Gasteiger partial charge in [-0.25, -0.2) is 4.98 Å². The smallest absolute Gasteiger partial charge is 0.269 e. The molecule has 0 bridgehead atoms. The van der Waals surface area contributed by atoms with Crippen LogP contribution >= 0.6 is 0 Å². The molecule has 20 aromatic rings. The number of rotatable bonds is 20. The van der Waals surface area contributed by atoms with Gasteiger partial charge >= 0.3 is 0 Å². The Kier molecular flexibility index (Phi) is 10.6. The minimum atomic E-state index is -6.77. The molecule has 0 saturated carbocycles. The summed E-state index contributed by atoms with van der Waals surface area (Å²) >= 11 is 0. The average Bonchev–Trinajstić information content (AvgIpc) is 0.947. The molecule has 3 aromatic heterocycles. The van der Waals surface area contributed by atoms with E-state index in [1.807, 2.05) is 102 Å². The fourth-order valence-corrected chi connectivity index (χ4v) is 27.8. The molecule has 5 nitrogen and oxygen atoms in total. The predicted molar refractivity (Wildman–Crippen MR) is 494 cm³/mol. The lowest BCUT2D eigenvalue weighted by atomic mass is 9.95. The van der Waals surface area contributed by atoms with Gasteiger partial charge < -0.3 is 4.74 Å². The molecule has 117 heavy (non-hydrogen) atoms. The van der Waals surface area contributed by atoms with Crippen LogP contribution in [0, 0.1) is 13.2 Å². The molecule has 0 saturated heterocycles. The van der Waals surface area contributed by atoms with Gasteiger partial charge in [0.25, 0.3) is 6.33 Å². The molecule has 0 spiro atoms. The van der Waals surface area contributed by atoms with Crippen molar-refractivity contribution in [2.24, 2.45) is 0 Å². The summed E-state index contributed by atoms with van der Waals surface area (Å²) in [5, 5.41) is -4.37. The third-order valence-corrected chi connectivity index (χ3v) is 33.7. The van der Waals surface area contributed by atoms with E-state index in [9.17, 15) is 48.0 Å². The van der Waals surface area contributed by atoms with E-state index in [2.05, 4.69) is 54.9 Å². The van der Waals surface area contributed by atoms with Crippen LogP contribution in [0.1, 0.15) is 61.8 Å². The molecular weight excluding hydrogens is 1470 g/mol. The van der Waals surface area contributed by atoms with E-state index >= 15 is 0 Å². The number of nitrogens with zero attached hydrogens (tertiary/aromatic N) is 4. The molecule has 0 radical (unpaired) electrons. The topological polar surface area (TPSA) is 35.9 Å². The Bertz CT molecular complexity index is 8680. The second-order valence-corrected chi connectivity index (χ2v) is 37.9. The van der Waals surface area contributed by atoms with E-state index in [0.717, 1.165) is 48.9 Å². The number of pyridine rings is 1. The molecule has 0 aliphatic carbocycles. The molecule has 3 heterocycles. The lowest BCUT2D eigenvalue weighted by molar-refractivity contribution is -0.571. The lowest BCUT2D eigenvalue weighted by Gasteiger charge is -2.35. The van der Waals surface area contributed by atoms with Crippen molar-refractivity contribution in [3.8, 4) is 62.1 Å². The van der Waals surface area contributed by atoms with Crippen LogP contribution in [-0.4, -0.2) is 38.3 Å². The zero-order valence-electron chi connectivity index (χ0n) is 102. The minimum absolute atomic E-state index is 0.0169. The Morgan fingerprint density at radius 2 is 0.752 bits per heavy atom. The molecule has 17 aromatic carbocycles. The highest BCUT2D eigenvalue weighted by Crippen LogP contribution is 2.39. The number of fused-ring (bicyclic) bond motifs is 4. The lowest BCUT2D eigenvalue weighted by Crippen LogP contribution is -2.74. The minimum Gasteiger partial charge on any atom is -0.458 e. The summed E-state index contributed by atoms with van der Waals surface area (Å²) in [6.45, 7) is -2.75. The Morgan fingerprint density at radius 3 is 1.26 bits per heavy atom. The maximum atomic E-state index is 11.3. The molecule has 0 aliphatic rings. The Hall–Kier alpha value is -14.4. The summed E-state index contributed by atoms with van der Waals surface area (Å²) in [4.78, 5) is 5.13. The third-order valence-electron chi connectivity index (χ3n) is 20.9. The highest BCUT2D eigenvalue weighted by Gasteiger charge is 2.45. The number of aromatic nitrogens is 4. The summed E-state index contributed by atoms with van der Waals surface area (Å²) in [6, 6.07) is 18.7. The number of ether oxygens (including phenoxy) is 1.